The molecule has 0 spiro atoms. The van der Waals surface area contributed by atoms with E-state index in [1.54, 1.807) is 42.7 Å². The molecular weight excluding hydrogens is 656 g/mol. The number of hydrogen-bond donors (Lipinski definition) is 3. The van der Waals surface area contributed by atoms with E-state index in [-0.39, 0.29) is 22.6 Å². The molecule has 1 aliphatic rings. The molecule has 0 radical (unpaired) electrons. The Hall–Kier alpha value is -3.34. The minimum Gasteiger partial charge on any atom is -0.459 e. The van der Waals surface area contributed by atoms with Crippen molar-refractivity contribution in [2.24, 2.45) is 10.8 Å². The third-order valence-corrected chi connectivity index (χ3v) is 8.12. The monoisotopic (exact) mass is 681 g/mol. The summed E-state index contributed by atoms with van der Waals surface area (Å²) in [7, 11) is 0. The summed E-state index contributed by atoms with van der Waals surface area (Å²) in [5, 5.41) is 23.9. The van der Waals surface area contributed by atoms with E-state index in [9.17, 15) is 14.7 Å². The number of carbonyl (C=O) groups is 2. The summed E-state index contributed by atoms with van der Waals surface area (Å²) in [6.07, 6.45) is -0.392. The molecule has 0 saturated carbocycles. The lowest BCUT2D eigenvalue weighted by molar-refractivity contribution is -0.256. The Morgan fingerprint density at radius 3 is 2.33 bits per heavy atom. The molecule has 0 amide bonds. The summed E-state index contributed by atoms with van der Waals surface area (Å²) < 4.78 is 35.0. The van der Waals surface area contributed by atoms with Crippen LogP contribution in [0.15, 0.2) is 72.0 Å². The number of aromatic nitrogens is 2. The quantitative estimate of drug-likeness (QED) is 0.140. The number of thioether (sulfide) groups is 1. The second-order valence-corrected chi connectivity index (χ2v) is 11.3. The fourth-order valence-electron chi connectivity index (χ4n) is 4.11. The van der Waals surface area contributed by atoms with Crippen LogP contribution in [0.5, 0.6) is 0 Å². The topological polar surface area (TPSA) is 162 Å². The fraction of sp³-hybridized carbons (Fsp3) is 0.269. The Kier molecular flexibility index (Phi) is 8.92. The molecular formula is C26H25FIN5O6S. The molecule has 210 valence electrons. The average molecular weight is 681 g/mol. The summed E-state index contributed by atoms with van der Waals surface area (Å²) in [5.41, 5.74) is 2.89. The van der Waals surface area contributed by atoms with Crippen LogP contribution in [0.25, 0.3) is 0 Å². The van der Waals surface area contributed by atoms with Gasteiger partial charge in [-0.2, -0.15) is 5.10 Å². The number of benzene rings is 2. The van der Waals surface area contributed by atoms with Gasteiger partial charge in [0.15, 0.2) is 20.8 Å². The molecule has 1 saturated heterocycles. The van der Waals surface area contributed by atoms with E-state index in [1.165, 1.54) is 36.0 Å². The van der Waals surface area contributed by atoms with Gasteiger partial charge in [-0.25, -0.2) is 23.6 Å². The van der Waals surface area contributed by atoms with Crippen molar-refractivity contribution in [3.05, 3.63) is 89.5 Å². The molecule has 4 atom stereocenters. The van der Waals surface area contributed by atoms with Gasteiger partial charge in [0, 0.05) is 0 Å². The molecule has 1 aliphatic heterocycles. The summed E-state index contributed by atoms with van der Waals surface area (Å²) in [4.78, 5) is 29.6. The Balaban J connectivity index is 1.74. The Bertz CT molecular complexity index is 1440. The largest absolute Gasteiger partial charge is 0.459 e. The standard InChI is InChI=1S/C26H25FIN5O6S/c1-25(27)19(38-23(35)16-11-7-4-8-12-16)17(14-37-22(34)15-9-5-3-6-10-15)39-26(25,36)18-13-31-21(20(29)30)33(18)32-24(28)40-2/h3-13,17,19,36H,14H2,1-2H3,(H3,29,30)/b32-24+/t17-,19-,25-,26?/m1/s1. The van der Waals surface area contributed by atoms with Crippen LogP contribution >= 0.6 is 34.4 Å². The third-order valence-electron chi connectivity index (χ3n) is 6.16. The van der Waals surface area contributed by atoms with Crippen LogP contribution in [0.3, 0.4) is 0 Å². The number of nitrogens with two attached hydrogens (primary N) is 1. The van der Waals surface area contributed by atoms with Gasteiger partial charge >= 0.3 is 11.9 Å². The molecule has 0 aliphatic carbocycles. The lowest BCUT2D eigenvalue weighted by Gasteiger charge is -2.33. The van der Waals surface area contributed by atoms with Gasteiger partial charge in [0.1, 0.15) is 18.4 Å². The van der Waals surface area contributed by atoms with Crippen molar-refractivity contribution in [2.75, 3.05) is 12.9 Å². The van der Waals surface area contributed by atoms with Gasteiger partial charge in [-0.1, -0.05) is 36.4 Å². The van der Waals surface area contributed by atoms with Crippen LogP contribution < -0.4 is 5.73 Å². The minimum atomic E-state index is -2.83. The van der Waals surface area contributed by atoms with E-state index in [0.717, 1.165) is 17.8 Å². The van der Waals surface area contributed by atoms with Gasteiger partial charge in [-0.3, -0.25) is 5.41 Å². The maximum absolute atomic E-state index is 16.8. The zero-order valence-electron chi connectivity index (χ0n) is 21.3. The number of hydrogen-bond acceptors (Lipinski definition) is 10. The van der Waals surface area contributed by atoms with Crippen LogP contribution in [0.2, 0.25) is 0 Å². The number of carbonyl (C=O) groups excluding carboxylic acids is 2. The second kappa shape index (κ2) is 12.0. The van der Waals surface area contributed by atoms with Gasteiger partial charge < -0.3 is 25.1 Å². The van der Waals surface area contributed by atoms with Crippen LogP contribution in [0.4, 0.5) is 4.39 Å². The number of nitrogens with one attached hydrogen (secondary N) is 1. The van der Waals surface area contributed by atoms with Gasteiger partial charge in [-0.05, 0) is 60.0 Å². The van der Waals surface area contributed by atoms with Gasteiger partial charge in [0.05, 0.1) is 17.3 Å². The van der Waals surface area contributed by atoms with E-state index in [1.807, 2.05) is 22.6 Å². The van der Waals surface area contributed by atoms with Crippen molar-refractivity contribution in [1.82, 2.24) is 9.66 Å². The number of aliphatic hydroxyl groups is 1. The molecule has 1 fully saturated rings. The third kappa shape index (κ3) is 5.75. The van der Waals surface area contributed by atoms with Crippen molar-refractivity contribution >= 4 is 55.2 Å². The molecule has 4 rings (SSSR count). The number of amidine groups is 1. The smallest absolute Gasteiger partial charge is 0.338 e. The predicted octanol–water partition coefficient (Wildman–Crippen LogP) is 3.44. The van der Waals surface area contributed by atoms with Crippen LogP contribution in [0.1, 0.15) is 39.2 Å². The minimum absolute atomic E-state index is 0.136. The first kappa shape index (κ1) is 29.6. The van der Waals surface area contributed by atoms with Crippen LogP contribution in [-0.2, 0) is 20.0 Å². The Morgan fingerprint density at radius 2 is 1.77 bits per heavy atom. The van der Waals surface area contributed by atoms with Gasteiger partial charge in [0.2, 0.25) is 5.67 Å². The van der Waals surface area contributed by atoms with Crippen molar-refractivity contribution in [3.63, 3.8) is 0 Å². The number of imidazole rings is 1. The molecule has 11 nitrogen and oxygen atoms in total. The van der Waals surface area contributed by atoms with E-state index >= 15 is 4.39 Å². The highest BCUT2D eigenvalue weighted by Gasteiger charge is 2.68. The number of esters is 2. The van der Waals surface area contributed by atoms with E-state index in [4.69, 9.17) is 25.4 Å². The molecule has 40 heavy (non-hydrogen) atoms. The average Bonchev–Trinajstić information content (AvgIpc) is 3.45. The molecule has 0 bridgehead atoms. The summed E-state index contributed by atoms with van der Waals surface area (Å²) >= 11 is 3.15. The second-order valence-electron chi connectivity index (χ2n) is 8.78. The van der Waals surface area contributed by atoms with Crippen molar-refractivity contribution in [2.45, 2.75) is 30.6 Å². The maximum atomic E-state index is 16.8. The van der Waals surface area contributed by atoms with Crippen molar-refractivity contribution < 1.29 is 33.3 Å². The summed E-state index contributed by atoms with van der Waals surface area (Å²) in [6.45, 7) is 0.421. The fourth-order valence-corrected chi connectivity index (χ4v) is 4.49. The van der Waals surface area contributed by atoms with Crippen molar-refractivity contribution in [3.8, 4) is 0 Å². The SMILES string of the molecule is CS/C(I)=N/n1c(C2(O)O[C@H](COC(=O)c3ccccc3)[C@@H](OC(=O)c3ccccc3)[C@@]2(C)F)cnc1C(=N)N. The normalized spacial score (nSPS) is 24.5. The van der Waals surface area contributed by atoms with E-state index in [0.29, 0.717) is 3.05 Å². The first-order valence-corrected chi connectivity index (χ1v) is 14.1. The lowest BCUT2D eigenvalue weighted by Crippen LogP contribution is -2.51. The van der Waals surface area contributed by atoms with Crippen LogP contribution in [-0.4, -0.2) is 66.3 Å². The Labute approximate surface area is 246 Å². The van der Waals surface area contributed by atoms with Gasteiger partial charge in [0.25, 0.3) is 5.79 Å². The molecule has 2 aromatic carbocycles. The highest BCUT2D eigenvalue weighted by atomic mass is 127. The van der Waals surface area contributed by atoms with Crippen molar-refractivity contribution in [1.29, 1.82) is 5.41 Å². The number of ether oxygens (including phenoxy) is 3. The van der Waals surface area contributed by atoms with Crippen LogP contribution in [0, 0.1) is 5.41 Å². The first-order chi connectivity index (χ1) is 19.0. The Morgan fingerprint density at radius 1 is 1.20 bits per heavy atom. The maximum Gasteiger partial charge on any atom is 0.338 e. The number of halogens is 2. The molecule has 3 aromatic rings. The number of alkyl halides is 1. The molecule has 1 unspecified atom stereocenters. The number of nitrogens with zero attached hydrogens (tertiary/aromatic N) is 3. The zero-order valence-corrected chi connectivity index (χ0v) is 24.3. The number of nitrogen functional groups attached to an aromatic ring is 1. The molecule has 1 aromatic heterocycles. The van der Waals surface area contributed by atoms with E-state index in [2.05, 4.69) is 10.1 Å². The zero-order chi connectivity index (χ0) is 29.1. The van der Waals surface area contributed by atoms with Gasteiger partial charge in [-0.15, -0.1) is 11.8 Å². The summed E-state index contributed by atoms with van der Waals surface area (Å²) in [6, 6.07) is 16.0. The molecule has 4 N–H and O–H groups in total. The lowest BCUT2D eigenvalue weighted by atomic mass is 9.89. The summed E-state index contributed by atoms with van der Waals surface area (Å²) in [5.74, 6) is -5.10. The highest BCUT2D eigenvalue weighted by molar-refractivity contribution is 14.1. The highest BCUT2D eigenvalue weighted by Crippen LogP contribution is 2.49. The molecule has 2 heterocycles. The molecule has 14 heteroatoms. The van der Waals surface area contributed by atoms with E-state index < -0.39 is 48.0 Å². The first-order valence-electron chi connectivity index (χ1n) is 11.8. The predicted molar refractivity (Wildman–Crippen MR) is 154 cm³/mol. The number of rotatable bonds is 8.